The molecule has 0 saturated carbocycles. The number of methoxy groups -OCH3 is 2. The van der Waals surface area contributed by atoms with Gasteiger partial charge in [0.05, 0.1) is 30.5 Å². The Kier molecular flexibility index (Phi) is 6.05. The van der Waals surface area contributed by atoms with Crippen LogP contribution in [-0.4, -0.2) is 18.8 Å². The maximum absolute atomic E-state index is 14.5. The minimum atomic E-state index is -0.300. The Hall–Kier alpha value is -4.94. The van der Waals surface area contributed by atoms with Crippen LogP contribution in [0.3, 0.4) is 0 Å². The largest absolute Gasteiger partial charge is 0.493 e. The molecule has 0 amide bonds. The third kappa shape index (κ3) is 4.05. The molecule has 0 bridgehead atoms. The summed E-state index contributed by atoms with van der Waals surface area (Å²) in [5, 5.41) is 4.54. The van der Waals surface area contributed by atoms with Gasteiger partial charge in [-0.05, 0) is 80.9 Å². The van der Waals surface area contributed by atoms with Crippen molar-refractivity contribution in [3.05, 3.63) is 145 Å². The van der Waals surface area contributed by atoms with Gasteiger partial charge in [-0.3, -0.25) is 9.36 Å². The van der Waals surface area contributed by atoms with E-state index in [4.69, 9.17) is 14.5 Å². The zero-order chi connectivity index (χ0) is 29.1. The summed E-state index contributed by atoms with van der Waals surface area (Å²) in [4.78, 5) is 20.4. The number of rotatable bonds is 4. The van der Waals surface area contributed by atoms with Crippen molar-refractivity contribution >= 4 is 44.7 Å². The van der Waals surface area contributed by atoms with Crippen molar-refractivity contribution in [3.8, 4) is 11.5 Å². The standard InChI is InChI=1S/C37H28N2O3S/c1-41-31-18-16-25(20-32(31)42-2)35-29-17-15-22-9-3-8-14-28(22)34(29)38-37-39(35)36(40)33(43-37)21-30-26-12-6-4-10-23(26)19-24-11-5-7-13-27(24)30/h3-14,16,18-21,35H,15,17H2,1-2H3. The van der Waals surface area contributed by atoms with Gasteiger partial charge in [-0.1, -0.05) is 90.2 Å². The summed E-state index contributed by atoms with van der Waals surface area (Å²) in [6.45, 7) is 0. The maximum atomic E-state index is 14.5. The van der Waals surface area contributed by atoms with Crippen molar-refractivity contribution in [2.45, 2.75) is 18.9 Å². The van der Waals surface area contributed by atoms with Crippen LogP contribution >= 0.6 is 11.3 Å². The lowest BCUT2D eigenvalue weighted by Crippen LogP contribution is -2.38. The van der Waals surface area contributed by atoms with E-state index in [1.165, 1.54) is 16.9 Å². The smallest absolute Gasteiger partial charge is 0.271 e. The molecule has 0 spiro atoms. The summed E-state index contributed by atoms with van der Waals surface area (Å²) >= 11 is 1.46. The quantitative estimate of drug-likeness (QED) is 0.220. The third-order valence-electron chi connectivity index (χ3n) is 8.68. The zero-order valence-corrected chi connectivity index (χ0v) is 24.7. The van der Waals surface area contributed by atoms with Gasteiger partial charge in [-0.15, -0.1) is 0 Å². The number of benzene rings is 5. The van der Waals surface area contributed by atoms with E-state index in [9.17, 15) is 4.79 Å². The van der Waals surface area contributed by atoms with Crippen LogP contribution in [0.25, 0.3) is 33.3 Å². The average molecular weight is 581 g/mol. The molecule has 0 radical (unpaired) electrons. The van der Waals surface area contributed by atoms with Crippen LogP contribution in [0.5, 0.6) is 11.5 Å². The highest BCUT2D eigenvalue weighted by Gasteiger charge is 2.33. The van der Waals surface area contributed by atoms with Gasteiger partial charge < -0.3 is 9.47 Å². The fourth-order valence-electron chi connectivity index (χ4n) is 6.68. The van der Waals surface area contributed by atoms with Crippen molar-refractivity contribution in [2.24, 2.45) is 4.99 Å². The van der Waals surface area contributed by atoms with Gasteiger partial charge in [0, 0.05) is 5.56 Å². The molecule has 2 aliphatic rings. The minimum absolute atomic E-state index is 0.0361. The van der Waals surface area contributed by atoms with Crippen molar-refractivity contribution in [2.75, 3.05) is 14.2 Å². The molecule has 8 rings (SSSR count). The first-order valence-electron chi connectivity index (χ1n) is 14.4. The Labute approximate surface area is 252 Å². The highest BCUT2D eigenvalue weighted by molar-refractivity contribution is 7.07. The Morgan fingerprint density at radius 3 is 2.26 bits per heavy atom. The monoisotopic (exact) mass is 580 g/mol. The third-order valence-corrected chi connectivity index (χ3v) is 9.67. The lowest BCUT2D eigenvalue weighted by Gasteiger charge is -2.31. The van der Waals surface area contributed by atoms with E-state index in [-0.39, 0.29) is 11.6 Å². The molecule has 0 fully saturated rings. The Morgan fingerprint density at radius 2 is 1.51 bits per heavy atom. The predicted molar refractivity (Wildman–Crippen MR) is 174 cm³/mol. The number of thiazole rings is 1. The first-order chi connectivity index (χ1) is 21.1. The van der Waals surface area contributed by atoms with Gasteiger partial charge in [0.15, 0.2) is 16.3 Å². The van der Waals surface area contributed by atoms with Gasteiger partial charge in [-0.25, -0.2) is 4.99 Å². The topological polar surface area (TPSA) is 52.8 Å². The summed E-state index contributed by atoms with van der Waals surface area (Å²) in [6, 6.07) is 33.1. The lowest BCUT2D eigenvalue weighted by atomic mass is 9.83. The Balaban J connectivity index is 1.42. The molecule has 1 aromatic heterocycles. The molecule has 0 saturated heterocycles. The SMILES string of the molecule is COc1ccc(C2C3=C(N=c4sc(=Cc5c6ccccc6cc6ccccc56)c(=O)n42)c2ccccc2CC3)cc1OC. The molecule has 210 valence electrons. The second-order valence-electron chi connectivity index (χ2n) is 11.0. The highest BCUT2D eigenvalue weighted by atomic mass is 32.1. The molecule has 5 aromatic carbocycles. The van der Waals surface area contributed by atoms with Gasteiger partial charge >= 0.3 is 0 Å². The van der Waals surface area contributed by atoms with Gasteiger partial charge in [0.1, 0.15) is 0 Å². The van der Waals surface area contributed by atoms with E-state index < -0.39 is 0 Å². The highest BCUT2D eigenvalue weighted by Crippen LogP contribution is 2.43. The summed E-state index contributed by atoms with van der Waals surface area (Å²) in [6.07, 6.45) is 3.80. The first kappa shape index (κ1) is 25.7. The van der Waals surface area contributed by atoms with Crippen molar-refractivity contribution in [3.63, 3.8) is 0 Å². The number of hydrogen-bond donors (Lipinski definition) is 0. The van der Waals surface area contributed by atoms with E-state index in [1.807, 2.05) is 22.8 Å². The molecule has 1 unspecified atom stereocenters. The number of allylic oxidation sites excluding steroid dienone is 1. The number of aryl methyl sites for hydroxylation is 1. The summed E-state index contributed by atoms with van der Waals surface area (Å²) in [5.74, 6) is 1.30. The normalized spacial score (nSPS) is 16.0. The summed E-state index contributed by atoms with van der Waals surface area (Å²) in [7, 11) is 3.28. The molecule has 43 heavy (non-hydrogen) atoms. The van der Waals surface area contributed by atoms with Gasteiger partial charge in [-0.2, -0.15) is 0 Å². The van der Waals surface area contributed by atoms with Gasteiger partial charge in [0.2, 0.25) is 0 Å². The van der Waals surface area contributed by atoms with E-state index in [2.05, 4.69) is 84.9 Å². The molecule has 1 atom stereocenters. The van der Waals surface area contributed by atoms with Crippen LogP contribution in [-0.2, 0) is 6.42 Å². The zero-order valence-electron chi connectivity index (χ0n) is 23.8. The predicted octanol–water partition coefficient (Wildman–Crippen LogP) is 6.64. The maximum Gasteiger partial charge on any atom is 0.271 e. The average Bonchev–Trinajstić information content (AvgIpc) is 3.37. The van der Waals surface area contributed by atoms with E-state index in [0.717, 1.165) is 62.3 Å². The minimum Gasteiger partial charge on any atom is -0.493 e. The molecule has 1 aliphatic heterocycles. The second-order valence-corrected chi connectivity index (χ2v) is 12.0. The number of fused-ring (bicyclic) bond motifs is 5. The van der Waals surface area contributed by atoms with Crippen LogP contribution in [0.4, 0.5) is 0 Å². The number of aromatic nitrogens is 1. The van der Waals surface area contributed by atoms with Crippen LogP contribution in [0, 0.1) is 0 Å². The first-order valence-corrected chi connectivity index (χ1v) is 15.2. The Morgan fingerprint density at radius 1 is 0.814 bits per heavy atom. The second kappa shape index (κ2) is 10.1. The molecule has 0 N–H and O–H groups in total. The summed E-state index contributed by atoms with van der Waals surface area (Å²) < 4.78 is 13.8. The van der Waals surface area contributed by atoms with E-state index in [0.29, 0.717) is 20.8 Å². The Bertz CT molecular complexity index is 2260. The molecular formula is C37H28N2O3S. The van der Waals surface area contributed by atoms with E-state index in [1.54, 1.807) is 14.2 Å². The number of nitrogens with zero attached hydrogens (tertiary/aromatic N) is 2. The molecule has 6 aromatic rings. The molecular weight excluding hydrogens is 552 g/mol. The number of hydrogen-bond acceptors (Lipinski definition) is 5. The summed E-state index contributed by atoms with van der Waals surface area (Å²) in [5.41, 5.74) is 6.55. The fourth-order valence-corrected chi connectivity index (χ4v) is 7.66. The van der Waals surface area contributed by atoms with Crippen LogP contribution in [0.1, 0.15) is 34.7 Å². The molecule has 5 nitrogen and oxygen atoms in total. The van der Waals surface area contributed by atoms with Crippen molar-refractivity contribution in [1.82, 2.24) is 4.57 Å². The van der Waals surface area contributed by atoms with Crippen molar-refractivity contribution < 1.29 is 9.47 Å². The molecule has 1 aliphatic carbocycles. The number of ether oxygens (including phenoxy) is 2. The van der Waals surface area contributed by atoms with Crippen LogP contribution in [0.2, 0.25) is 0 Å². The fraction of sp³-hybridized carbons (Fsp3) is 0.135. The molecule has 6 heteroatoms. The van der Waals surface area contributed by atoms with E-state index >= 15 is 0 Å². The molecule has 2 heterocycles. The van der Waals surface area contributed by atoms with Crippen LogP contribution < -0.4 is 24.4 Å². The van der Waals surface area contributed by atoms with Gasteiger partial charge in [0.25, 0.3) is 5.56 Å². The lowest BCUT2D eigenvalue weighted by molar-refractivity contribution is 0.354. The van der Waals surface area contributed by atoms with Crippen molar-refractivity contribution in [1.29, 1.82) is 0 Å². The van der Waals surface area contributed by atoms with Crippen LogP contribution in [0.15, 0.2) is 112 Å².